The lowest BCUT2D eigenvalue weighted by molar-refractivity contribution is 0.0709. The molecule has 1 heterocycles. The van der Waals surface area contributed by atoms with Gasteiger partial charge >= 0.3 is 0 Å². The van der Waals surface area contributed by atoms with Crippen LogP contribution < -0.4 is 14.2 Å². The molecule has 2 atom stereocenters. The molecule has 0 saturated carbocycles. The van der Waals surface area contributed by atoms with Crippen LogP contribution in [0.3, 0.4) is 0 Å². The summed E-state index contributed by atoms with van der Waals surface area (Å²) in [4.78, 5) is 2.17. The topological polar surface area (TPSA) is 51.2 Å². The van der Waals surface area contributed by atoms with E-state index in [1.165, 1.54) is 0 Å². The van der Waals surface area contributed by atoms with Crippen molar-refractivity contribution in [3.05, 3.63) is 52.5 Å². The molecule has 7 heteroatoms. The second-order valence-electron chi connectivity index (χ2n) is 6.48. The van der Waals surface area contributed by atoms with Crippen molar-refractivity contribution < 1.29 is 19.3 Å². The highest BCUT2D eigenvalue weighted by Gasteiger charge is 2.26. The number of nitrogens with zero attached hydrogens (tertiary/aromatic N) is 1. The van der Waals surface area contributed by atoms with Gasteiger partial charge < -0.3 is 19.3 Å². The Kier molecular flexibility index (Phi) is 7.07. The first-order valence-corrected chi connectivity index (χ1v) is 9.58. The Morgan fingerprint density at radius 1 is 1.15 bits per heavy atom. The predicted molar refractivity (Wildman–Crippen MR) is 106 cm³/mol. The summed E-state index contributed by atoms with van der Waals surface area (Å²) in [6.45, 7) is 2.33. The van der Waals surface area contributed by atoms with Gasteiger partial charge in [0.2, 0.25) is 0 Å². The number of benzene rings is 2. The van der Waals surface area contributed by atoms with Gasteiger partial charge in [-0.25, -0.2) is 0 Å². The molecule has 0 aromatic heterocycles. The first kappa shape index (κ1) is 20.1. The monoisotopic (exact) mass is 411 g/mol. The molecule has 146 valence electrons. The molecule has 0 aliphatic carbocycles. The van der Waals surface area contributed by atoms with Crippen LogP contribution in [0.1, 0.15) is 6.42 Å². The van der Waals surface area contributed by atoms with Crippen LogP contribution in [0.2, 0.25) is 10.0 Å². The Labute approximate surface area is 169 Å². The summed E-state index contributed by atoms with van der Waals surface area (Å²) in [6.07, 6.45) is 0.351. The molecule has 0 radical (unpaired) electrons. The fraction of sp³-hybridized carbons (Fsp3) is 0.400. The molecule has 27 heavy (non-hydrogen) atoms. The minimum Gasteiger partial charge on any atom is -0.493 e. The van der Waals surface area contributed by atoms with Crippen LogP contribution in [-0.4, -0.2) is 55.6 Å². The lowest BCUT2D eigenvalue weighted by Gasteiger charge is -2.21. The van der Waals surface area contributed by atoms with Crippen molar-refractivity contribution in [1.82, 2.24) is 4.90 Å². The van der Waals surface area contributed by atoms with Crippen LogP contribution >= 0.6 is 23.2 Å². The van der Waals surface area contributed by atoms with E-state index in [0.29, 0.717) is 33.8 Å². The zero-order chi connectivity index (χ0) is 19.2. The molecule has 1 saturated heterocycles. The highest BCUT2D eigenvalue weighted by atomic mass is 35.5. The zero-order valence-electron chi connectivity index (χ0n) is 15.1. The van der Waals surface area contributed by atoms with Gasteiger partial charge in [0.05, 0.1) is 17.2 Å². The number of likely N-dealkylation sites (tertiary alicyclic amines) is 1. The SMILES string of the molecule is COc1ccccc1OCC(O)CN1CCC(Oc2ccc(Cl)c(Cl)c2)C1. The van der Waals surface area contributed by atoms with E-state index in [1.807, 2.05) is 30.3 Å². The molecule has 3 rings (SSSR count). The Bertz CT molecular complexity index is 759. The summed E-state index contributed by atoms with van der Waals surface area (Å²) in [7, 11) is 1.59. The number of hydrogen-bond donors (Lipinski definition) is 1. The molecule has 2 aromatic rings. The van der Waals surface area contributed by atoms with Gasteiger partial charge in [0, 0.05) is 25.7 Å². The first-order valence-electron chi connectivity index (χ1n) is 8.83. The highest BCUT2D eigenvalue weighted by molar-refractivity contribution is 6.42. The Morgan fingerprint density at radius 2 is 1.93 bits per heavy atom. The van der Waals surface area contributed by atoms with Gasteiger partial charge in [0.15, 0.2) is 11.5 Å². The molecule has 0 amide bonds. The Balaban J connectivity index is 1.44. The highest BCUT2D eigenvalue weighted by Crippen LogP contribution is 2.28. The summed E-state index contributed by atoms with van der Waals surface area (Å²) in [6, 6.07) is 12.7. The summed E-state index contributed by atoms with van der Waals surface area (Å²) >= 11 is 12.0. The number of halogens is 2. The molecule has 1 aliphatic rings. The second kappa shape index (κ2) is 9.51. The molecule has 1 N–H and O–H groups in total. The van der Waals surface area contributed by atoms with Crippen LogP contribution in [0.25, 0.3) is 0 Å². The van der Waals surface area contributed by atoms with Gasteiger partial charge in [0.1, 0.15) is 24.6 Å². The number of ether oxygens (including phenoxy) is 3. The van der Waals surface area contributed by atoms with Gasteiger partial charge in [0.25, 0.3) is 0 Å². The summed E-state index contributed by atoms with van der Waals surface area (Å²) in [5, 5.41) is 11.3. The van der Waals surface area contributed by atoms with E-state index in [-0.39, 0.29) is 12.7 Å². The number of hydrogen-bond acceptors (Lipinski definition) is 5. The second-order valence-corrected chi connectivity index (χ2v) is 7.29. The van der Waals surface area contributed by atoms with Gasteiger partial charge in [-0.15, -0.1) is 0 Å². The third-order valence-corrected chi connectivity index (χ3v) is 5.13. The maximum atomic E-state index is 10.3. The number of aliphatic hydroxyl groups excluding tert-OH is 1. The summed E-state index contributed by atoms with van der Waals surface area (Å²) in [5.41, 5.74) is 0. The van der Waals surface area contributed by atoms with Crippen molar-refractivity contribution in [1.29, 1.82) is 0 Å². The minimum atomic E-state index is -0.598. The van der Waals surface area contributed by atoms with Crippen molar-refractivity contribution in [3.8, 4) is 17.2 Å². The van der Waals surface area contributed by atoms with E-state index in [0.717, 1.165) is 19.5 Å². The van der Waals surface area contributed by atoms with E-state index in [1.54, 1.807) is 19.2 Å². The maximum absolute atomic E-state index is 10.3. The van der Waals surface area contributed by atoms with Gasteiger partial charge in [-0.3, -0.25) is 4.90 Å². The van der Waals surface area contributed by atoms with Crippen LogP contribution in [0.15, 0.2) is 42.5 Å². The van der Waals surface area contributed by atoms with Crippen LogP contribution in [0.4, 0.5) is 0 Å². The molecule has 1 fully saturated rings. The zero-order valence-corrected chi connectivity index (χ0v) is 16.6. The van der Waals surface area contributed by atoms with Crippen molar-refractivity contribution in [2.45, 2.75) is 18.6 Å². The standard InChI is InChI=1S/C20H23Cl2NO4/c1-25-19-4-2-3-5-20(19)26-13-14(24)11-23-9-8-16(12-23)27-15-6-7-17(21)18(22)10-15/h2-7,10,14,16,24H,8-9,11-13H2,1H3. The molecular weight excluding hydrogens is 389 g/mol. The molecule has 2 aromatic carbocycles. The lowest BCUT2D eigenvalue weighted by atomic mass is 10.3. The van der Waals surface area contributed by atoms with E-state index in [9.17, 15) is 5.11 Å². The number of aliphatic hydroxyl groups is 1. The normalized spacial score (nSPS) is 18.3. The largest absolute Gasteiger partial charge is 0.493 e. The molecule has 0 spiro atoms. The van der Waals surface area contributed by atoms with E-state index in [4.69, 9.17) is 37.4 Å². The van der Waals surface area contributed by atoms with Crippen molar-refractivity contribution >= 4 is 23.2 Å². The maximum Gasteiger partial charge on any atom is 0.161 e. The Hall–Kier alpha value is -1.66. The van der Waals surface area contributed by atoms with Crippen molar-refractivity contribution in [2.24, 2.45) is 0 Å². The molecule has 5 nitrogen and oxygen atoms in total. The summed E-state index contributed by atoms with van der Waals surface area (Å²) in [5.74, 6) is 1.98. The van der Waals surface area contributed by atoms with E-state index >= 15 is 0 Å². The van der Waals surface area contributed by atoms with Crippen molar-refractivity contribution in [2.75, 3.05) is 33.4 Å². The third-order valence-electron chi connectivity index (χ3n) is 4.39. The fourth-order valence-corrected chi connectivity index (χ4v) is 3.36. The van der Waals surface area contributed by atoms with Gasteiger partial charge in [-0.2, -0.15) is 0 Å². The lowest BCUT2D eigenvalue weighted by Crippen LogP contribution is -2.35. The minimum absolute atomic E-state index is 0.0598. The van der Waals surface area contributed by atoms with E-state index in [2.05, 4.69) is 4.90 Å². The first-order chi connectivity index (χ1) is 13.0. The Morgan fingerprint density at radius 3 is 2.67 bits per heavy atom. The fourth-order valence-electron chi connectivity index (χ4n) is 3.08. The molecule has 1 aliphatic heterocycles. The molecule has 2 unspecified atom stereocenters. The smallest absolute Gasteiger partial charge is 0.161 e. The average molecular weight is 412 g/mol. The number of β-amino-alcohol motifs (C(OH)–C–C–N with tert-alkyl or cyclic N) is 1. The number of methoxy groups -OCH3 is 1. The van der Waals surface area contributed by atoms with E-state index < -0.39 is 6.10 Å². The quantitative estimate of drug-likeness (QED) is 0.713. The van der Waals surface area contributed by atoms with Gasteiger partial charge in [-0.05, 0) is 30.7 Å². The molecule has 0 bridgehead atoms. The third kappa shape index (κ3) is 5.66. The van der Waals surface area contributed by atoms with Gasteiger partial charge in [-0.1, -0.05) is 35.3 Å². The molecular formula is C20H23Cl2NO4. The average Bonchev–Trinajstić information content (AvgIpc) is 3.10. The number of rotatable bonds is 8. The van der Waals surface area contributed by atoms with Crippen LogP contribution in [0, 0.1) is 0 Å². The number of para-hydroxylation sites is 2. The predicted octanol–water partition coefficient (Wildman–Crippen LogP) is 3.90. The van der Waals surface area contributed by atoms with Crippen LogP contribution in [-0.2, 0) is 0 Å². The van der Waals surface area contributed by atoms with Crippen molar-refractivity contribution in [3.63, 3.8) is 0 Å². The van der Waals surface area contributed by atoms with Crippen LogP contribution in [0.5, 0.6) is 17.2 Å². The summed E-state index contributed by atoms with van der Waals surface area (Å²) < 4.78 is 16.9.